The Hall–Kier alpha value is -1.29. The number of benzene rings is 1. The van der Waals surface area contributed by atoms with Crippen LogP contribution in [0.1, 0.15) is 0 Å². The molecule has 0 saturated carbocycles. The van der Waals surface area contributed by atoms with Crippen molar-refractivity contribution in [1.29, 1.82) is 0 Å². The number of rotatable bonds is 4. The summed E-state index contributed by atoms with van der Waals surface area (Å²) in [6, 6.07) is 9.73. The van der Waals surface area contributed by atoms with E-state index in [4.69, 9.17) is 5.11 Å². The van der Waals surface area contributed by atoms with E-state index in [1.165, 1.54) is 0 Å². The third-order valence-electron chi connectivity index (χ3n) is 2.17. The number of carbonyl (C=O) groups is 1. The number of carboxylic acids is 1. The van der Waals surface area contributed by atoms with Gasteiger partial charge in [0.15, 0.2) is 0 Å². The summed E-state index contributed by atoms with van der Waals surface area (Å²) in [6.07, 6.45) is 0. The van der Waals surface area contributed by atoms with Crippen LogP contribution in [-0.2, 0) is 4.79 Å². The quantitative estimate of drug-likeness (QED) is 0.797. The van der Waals surface area contributed by atoms with Gasteiger partial charge in [-0.3, -0.25) is 4.79 Å². The molecule has 0 spiro atoms. The summed E-state index contributed by atoms with van der Waals surface area (Å²) >= 11 is 0. The second-order valence-corrected chi connectivity index (χ2v) is 9.37. The Balaban J connectivity index is 2.97. The molecule has 0 heterocycles. The van der Waals surface area contributed by atoms with Crippen LogP contribution in [0, 0.1) is 0 Å². The molecule has 0 radical (unpaired) electrons. The number of hydrogen-bond acceptors (Lipinski definition) is 2. The van der Waals surface area contributed by atoms with Crippen molar-refractivity contribution in [3.63, 3.8) is 0 Å². The van der Waals surface area contributed by atoms with Crippen LogP contribution in [0.5, 0.6) is 0 Å². The van der Waals surface area contributed by atoms with Crippen LogP contribution in [0.15, 0.2) is 30.3 Å². The zero-order chi connectivity index (χ0) is 11.5. The Morgan fingerprint density at radius 1 is 1.27 bits per heavy atom. The van der Waals surface area contributed by atoms with Gasteiger partial charge in [-0.05, 0) is 12.1 Å². The average molecular weight is 223 g/mol. The largest absolute Gasteiger partial charge is 0.480 e. The first kappa shape index (κ1) is 11.8. The summed E-state index contributed by atoms with van der Waals surface area (Å²) in [5, 5.41) is 8.89. The molecule has 1 aromatic rings. The predicted molar refractivity (Wildman–Crippen MR) is 64.8 cm³/mol. The maximum absolute atomic E-state index is 10.8. The molecular weight excluding hydrogens is 206 g/mol. The van der Waals surface area contributed by atoms with Gasteiger partial charge in [-0.25, -0.2) is 0 Å². The van der Waals surface area contributed by atoms with E-state index >= 15 is 0 Å². The Morgan fingerprint density at radius 2 is 1.80 bits per heavy atom. The van der Waals surface area contributed by atoms with Gasteiger partial charge in [0.25, 0.3) is 0 Å². The normalized spacial score (nSPS) is 11.1. The average Bonchev–Trinajstić information content (AvgIpc) is 2.14. The van der Waals surface area contributed by atoms with Crippen LogP contribution in [-0.4, -0.2) is 25.9 Å². The number of para-hydroxylation sites is 1. The Labute approximate surface area is 91.4 Å². The molecule has 0 aromatic heterocycles. The van der Waals surface area contributed by atoms with E-state index in [1.54, 1.807) is 0 Å². The van der Waals surface area contributed by atoms with Crippen molar-refractivity contribution in [1.82, 2.24) is 0 Å². The summed E-state index contributed by atoms with van der Waals surface area (Å²) in [4.78, 5) is 10.8. The van der Waals surface area contributed by atoms with Crippen LogP contribution in [0.4, 0.5) is 5.69 Å². The van der Waals surface area contributed by atoms with Crippen molar-refractivity contribution >= 4 is 19.9 Å². The van der Waals surface area contributed by atoms with Gasteiger partial charge in [0, 0.05) is 5.69 Å². The third-order valence-corrected chi connectivity index (χ3v) is 4.21. The zero-order valence-electron chi connectivity index (χ0n) is 9.40. The van der Waals surface area contributed by atoms with E-state index < -0.39 is 14.2 Å². The summed E-state index contributed by atoms with van der Waals surface area (Å²) in [5.41, 5.74) is 0.999. The highest BCUT2D eigenvalue weighted by Gasteiger charge is 2.25. The smallest absolute Gasteiger partial charge is 0.322 e. The third kappa shape index (κ3) is 3.40. The lowest BCUT2D eigenvalue weighted by molar-refractivity contribution is -0.135. The predicted octanol–water partition coefficient (Wildman–Crippen LogP) is 2.41. The fourth-order valence-corrected chi connectivity index (χ4v) is 2.99. The molecule has 0 atom stereocenters. The molecule has 1 N–H and O–H groups in total. The van der Waals surface area contributed by atoms with E-state index in [1.807, 2.05) is 34.9 Å². The first-order valence-electron chi connectivity index (χ1n) is 4.96. The summed E-state index contributed by atoms with van der Waals surface area (Å²) in [5.74, 6) is -0.777. The SMILES string of the molecule is C[Si](C)(C)N(CC(=O)O)c1ccccc1. The standard InChI is InChI=1S/C11H17NO2Si/c1-15(2,3)12(9-11(13)14)10-7-5-4-6-8-10/h4-8H,9H2,1-3H3,(H,13,14). The molecule has 1 aromatic carbocycles. The Kier molecular flexibility index (Phi) is 3.52. The highest BCUT2D eigenvalue weighted by atomic mass is 28.3. The van der Waals surface area contributed by atoms with Crippen molar-refractivity contribution in [2.75, 3.05) is 11.1 Å². The van der Waals surface area contributed by atoms with Gasteiger partial charge in [0.1, 0.15) is 14.8 Å². The molecule has 1 rings (SSSR count). The number of carboxylic acid groups (broad SMARTS) is 1. The Morgan fingerprint density at radius 3 is 2.20 bits per heavy atom. The number of aliphatic carboxylic acids is 1. The molecule has 0 aliphatic rings. The molecule has 0 bridgehead atoms. The maximum Gasteiger partial charge on any atom is 0.322 e. The van der Waals surface area contributed by atoms with Gasteiger partial charge in [0.2, 0.25) is 0 Å². The monoisotopic (exact) mass is 223 g/mol. The lowest BCUT2D eigenvalue weighted by Gasteiger charge is -2.34. The van der Waals surface area contributed by atoms with E-state index in [-0.39, 0.29) is 6.54 Å². The molecule has 15 heavy (non-hydrogen) atoms. The highest BCUT2D eigenvalue weighted by molar-refractivity contribution is 6.80. The minimum Gasteiger partial charge on any atom is -0.480 e. The second-order valence-electron chi connectivity index (χ2n) is 4.49. The fourth-order valence-electron chi connectivity index (χ4n) is 1.46. The molecule has 3 nitrogen and oxygen atoms in total. The molecule has 0 unspecified atom stereocenters. The minimum atomic E-state index is -1.64. The van der Waals surface area contributed by atoms with E-state index in [0.29, 0.717) is 0 Å². The Bertz CT molecular complexity index is 332. The van der Waals surface area contributed by atoms with E-state index in [2.05, 4.69) is 19.6 Å². The molecule has 0 saturated heterocycles. The summed E-state index contributed by atoms with van der Waals surface area (Å²) in [6.45, 7) is 6.51. The fraction of sp³-hybridized carbons (Fsp3) is 0.364. The summed E-state index contributed by atoms with van der Waals surface area (Å²) in [7, 11) is -1.64. The van der Waals surface area contributed by atoms with Crippen molar-refractivity contribution < 1.29 is 9.90 Å². The van der Waals surface area contributed by atoms with Crippen molar-refractivity contribution in [3.8, 4) is 0 Å². The summed E-state index contributed by atoms with van der Waals surface area (Å²) < 4.78 is 2.01. The van der Waals surface area contributed by atoms with Crippen LogP contribution >= 0.6 is 0 Å². The van der Waals surface area contributed by atoms with Gasteiger partial charge >= 0.3 is 5.97 Å². The van der Waals surface area contributed by atoms with Crippen molar-refractivity contribution in [3.05, 3.63) is 30.3 Å². The molecule has 0 aliphatic carbocycles. The van der Waals surface area contributed by atoms with Gasteiger partial charge in [-0.2, -0.15) is 0 Å². The number of hydrogen-bond donors (Lipinski definition) is 1. The van der Waals surface area contributed by atoms with Crippen molar-refractivity contribution in [2.24, 2.45) is 0 Å². The first-order valence-corrected chi connectivity index (χ1v) is 8.40. The maximum atomic E-state index is 10.8. The van der Waals surface area contributed by atoms with Gasteiger partial charge < -0.3 is 9.67 Å². The molecule has 0 amide bonds. The zero-order valence-corrected chi connectivity index (χ0v) is 10.4. The first-order chi connectivity index (χ1) is 6.91. The van der Waals surface area contributed by atoms with Crippen LogP contribution in [0.3, 0.4) is 0 Å². The topological polar surface area (TPSA) is 40.5 Å². The van der Waals surface area contributed by atoms with Crippen molar-refractivity contribution in [2.45, 2.75) is 19.6 Å². The molecule has 0 fully saturated rings. The molecule has 0 aliphatic heterocycles. The minimum absolute atomic E-state index is 0.0831. The van der Waals surface area contributed by atoms with Gasteiger partial charge in [-0.15, -0.1) is 0 Å². The van der Waals surface area contributed by atoms with Gasteiger partial charge in [-0.1, -0.05) is 37.8 Å². The highest BCUT2D eigenvalue weighted by Crippen LogP contribution is 2.20. The number of anilines is 1. The lowest BCUT2D eigenvalue weighted by atomic mass is 10.3. The molecular formula is C11H17NO2Si. The van der Waals surface area contributed by atoms with E-state index in [9.17, 15) is 4.79 Å². The van der Waals surface area contributed by atoms with Crippen LogP contribution in [0.2, 0.25) is 19.6 Å². The van der Waals surface area contributed by atoms with Gasteiger partial charge in [0.05, 0.1) is 0 Å². The van der Waals surface area contributed by atoms with E-state index in [0.717, 1.165) is 5.69 Å². The number of nitrogens with zero attached hydrogens (tertiary/aromatic N) is 1. The van der Waals surface area contributed by atoms with Crippen LogP contribution in [0.25, 0.3) is 0 Å². The van der Waals surface area contributed by atoms with Crippen LogP contribution < -0.4 is 4.57 Å². The second kappa shape index (κ2) is 4.48. The molecule has 82 valence electrons. The molecule has 4 heteroatoms. The lowest BCUT2D eigenvalue weighted by Crippen LogP contribution is -2.48.